The van der Waals surface area contributed by atoms with Gasteiger partial charge >= 0.3 is 0 Å². The van der Waals surface area contributed by atoms with E-state index in [-0.39, 0.29) is 11.7 Å². The summed E-state index contributed by atoms with van der Waals surface area (Å²) in [6.07, 6.45) is 0. The van der Waals surface area contributed by atoms with Gasteiger partial charge in [-0.1, -0.05) is 6.92 Å². The number of benzene rings is 1. The number of carbonyl (C=O) groups excluding carboxylic acids is 1. The van der Waals surface area contributed by atoms with Gasteiger partial charge in [-0.25, -0.2) is 0 Å². The Morgan fingerprint density at radius 3 is 2.88 bits per heavy atom. The molecule has 0 heterocycles. The number of carbonyl (C=O) groups is 1. The molecule has 0 spiro atoms. The number of hydrogen-bond acceptors (Lipinski definition) is 3. The Hall–Kier alpha value is -0.820. The van der Waals surface area contributed by atoms with Gasteiger partial charge in [0.2, 0.25) is 0 Å². The van der Waals surface area contributed by atoms with E-state index < -0.39 is 0 Å². The van der Waals surface area contributed by atoms with Gasteiger partial charge in [0.05, 0.1) is 5.56 Å². The molecule has 0 atom stereocenters. The molecule has 1 amide bonds. The van der Waals surface area contributed by atoms with Crippen LogP contribution in [-0.4, -0.2) is 30.6 Å². The number of halogens is 1. The highest BCUT2D eigenvalue weighted by atomic mass is 127. The smallest absolute Gasteiger partial charge is 0.255 e. The Morgan fingerprint density at radius 1 is 1.44 bits per heavy atom. The van der Waals surface area contributed by atoms with Gasteiger partial charge in [-0.05, 0) is 47.3 Å². The molecule has 0 bridgehead atoms. The van der Waals surface area contributed by atoms with Crippen molar-refractivity contribution in [3.63, 3.8) is 0 Å². The van der Waals surface area contributed by atoms with Crippen LogP contribution in [0.25, 0.3) is 0 Å². The van der Waals surface area contributed by atoms with Crippen molar-refractivity contribution in [2.24, 2.45) is 0 Å². The SMILES string of the molecule is CCNCCNC(=O)c1cc(I)ccc1O. The van der Waals surface area contributed by atoms with Gasteiger partial charge in [-0.2, -0.15) is 0 Å². The van der Waals surface area contributed by atoms with Crippen molar-refractivity contribution in [3.05, 3.63) is 27.3 Å². The zero-order valence-electron chi connectivity index (χ0n) is 9.09. The number of hydrogen-bond donors (Lipinski definition) is 3. The van der Waals surface area contributed by atoms with Crippen LogP contribution in [0.3, 0.4) is 0 Å². The molecule has 16 heavy (non-hydrogen) atoms. The van der Waals surface area contributed by atoms with Crippen LogP contribution in [0.15, 0.2) is 18.2 Å². The first-order valence-electron chi connectivity index (χ1n) is 5.12. The normalized spacial score (nSPS) is 10.1. The van der Waals surface area contributed by atoms with Crippen LogP contribution in [0.2, 0.25) is 0 Å². The summed E-state index contributed by atoms with van der Waals surface area (Å²) in [4.78, 5) is 11.7. The molecular weight excluding hydrogens is 319 g/mol. The fourth-order valence-electron chi connectivity index (χ4n) is 1.23. The average Bonchev–Trinajstić information content (AvgIpc) is 2.27. The van der Waals surface area contributed by atoms with E-state index in [1.54, 1.807) is 12.1 Å². The average molecular weight is 334 g/mol. The highest BCUT2D eigenvalue weighted by molar-refractivity contribution is 14.1. The molecule has 1 aromatic carbocycles. The summed E-state index contributed by atoms with van der Waals surface area (Å²) in [5.74, 6) is -0.227. The van der Waals surface area contributed by atoms with Gasteiger partial charge in [-0.15, -0.1) is 0 Å². The summed E-state index contributed by atoms with van der Waals surface area (Å²) < 4.78 is 0.923. The maximum absolute atomic E-state index is 11.7. The molecule has 0 saturated carbocycles. The largest absolute Gasteiger partial charge is 0.507 e. The molecular formula is C11H15IN2O2. The van der Waals surface area contributed by atoms with Crippen LogP contribution in [-0.2, 0) is 0 Å². The lowest BCUT2D eigenvalue weighted by molar-refractivity contribution is 0.0951. The Labute approximate surface area is 109 Å². The van der Waals surface area contributed by atoms with Crippen LogP contribution in [0.4, 0.5) is 0 Å². The van der Waals surface area contributed by atoms with E-state index in [9.17, 15) is 9.90 Å². The first-order valence-corrected chi connectivity index (χ1v) is 6.20. The molecule has 4 nitrogen and oxygen atoms in total. The summed E-state index contributed by atoms with van der Waals surface area (Å²) in [6.45, 7) is 4.17. The highest BCUT2D eigenvalue weighted by Gasteiger charge is 2.10. The van der Waals surface area contributed by atoms with Crippen LogP contribution in [0.5, 0.6) is 5.75 Å². The maximum Gasteiger partial charge on any atom is 0.255 e. The Morgan fingerprint density at radius 2 is 2.19 bits per heavy atom. The second-order valence-corrected chi connectivity index (χ2v) is 4.52. The second-order valence-electron chi connectivity index (χ2n) is 3.27. The van der Waals surface area contributed by atoms with Gasteiger partial charge in [0, 0.05) is 16.7 Å². The lowest BCUT2D eigenvalue weighted by Crippen LogP contribution is -2.31. The zero-order valence-corrected chi connectivity index (χ0v) is 11.2. The minimum Gasteiger partial charge on any atom is -0.507 e. The first kappa shape index (κ1) is 13.2. The Bertz CT molecular complexity index is 369. The van der Waals surface area contributed by atoms with Crippen molar-refractivity contribution in [2.45, 2.75) is 6.92 Å². The van der Waals surface area contributed by atoms with E-state index in [1.165, 1.54) is 6.07 Å². The van der Waals surface area contributed by atoms with Gasteiger partial charge < -0.3 is 15.7 Å². The molecule has 0 aromatic heterocycles. The van der Waals surface area contributed by atoms with Gasteiger partial charge in [0.15, 0.2) is 0 Å². The molecule has 1 rings (SSSR count). The number of phenols is 1. The standard InChI is InChI=1S/C11H15IN2O2/c1-2-13-5-6-14-11(16)9-7-8(12)3-4-10(9)15/h3-4,7,13,15H,2,5-6H2,1H3,(H,14,16). The predicted molar refractivity (Wildman–Crippen MR) is 71.7 cm³/mol. The third-order valence-electron chi connectivity index (χ3n) is 2.04. The molecule has 0 saturated heterocycles. The lowest BCUT2D eigenvalue weighted by atomic mass is 10.2. The molecule has 0 aliphatic heterocycles. The van der Waals surface area contributed by atoms with Gasteiger partial charge in [0.25, 0.3) is 5.91 Å². The molecule has 0 radical (unpaired) electrons. The fourth-order valence-corrected chi connectivity index (χ4v) is 1.72. The predicted octanol–water partition coefficient (Wildman–Crippen LogP) is 1.34. The molecule has 1 aromatic rings. The van der Waals surface area contributed by atoms with E-state index >= 15 is 0 Å². The fraction of sp³-hybridized carbons (Fsp3) is 0.364. The molecule has 5 heteroatoms. The van der Waals surface area contributed by atoms with Crippen molar-refractivity contribution in [3.8, 4) is 5.75 Å². The minimum atomic E-state index is -0.242. The minimum absolute atomic E-state index is 0.0152. The van der Waals surface area contributed by atoms with Crippen molar-refractivity contribution < 1.29 is 9.90 Å². The molecule has 0 aliphatic carbocycles. The monoisotopic (exact) mass is 334 g/mol. The number of rotatable bonds is 5. The summed E-state index contributed by atoms with van der Waals surface area (Å²) >= 11 is 2.10. The van der Waals surface area contributed by atoms with Crippen LogP contribution >= 0.6 is 22.6 Å². The van der Waals surface area contributed by atoms with Crippen molar-refractivity contribution in [1.29, 1.82) is 0 Å². The molecule has 0 fully saturated rings. The van der Waals surface area contributed by atoms with Crippen molar-refractivity contribution >= 4 is 28.5 Å². The summed E-state index contributed by atoms with van der Waals surface area (Å²) in [5, 5.41) is 15.4. The van der Waals surface area contributed by atoms with E-state index in [4.69, 9.17) is 0 Å². The molecule has 0 aliphatic rings. The maximum atomic E-state index is 11.7. The molecule has 3 N–H and O–H groups in total. The third-order valence-corrected chi connectivity index (χ3v) is 2.71. The zero-order chi connectivity index (χ0) is 12.0. The number of nitrogens with one attached hydrogen (secondary N) is 2. The van der Waals surface area contributed by atoms with E-state index in [1.807, 2.05) is 6.92 Å². The number of aromatic hydroxyl groups is 1. The van der Waals surface area contributed by atoms with E-state index in [2.05, 4.69) is 33.2 Å². The summed E-state index contributed by atoms with van der Waals surface area (Å²) in [6, 6.07) is 4.95. The van der Waals surface area contributed by atoms with Crippen LogP contribution < -0.4 is 10.6 Å². The molecule has 0 unspecified atom stereocenters. The Kier molecular flexibility index (Phi) is 5.54. The Balaban J connectivity index is 2.55. The topological polar surface area (TPSA) is 61.4 Å². The van der Waals surface area contributed by atoms with Crippen molar-refractivity contribution in [2.75, 3.05) is 19.6 Å². The number of likely N-dealkylation sites (N-methyl/N-ethyl adjacent to an activating group) is 1. The van der Waals surface area contributed by atoms with Gasteiger partial charge in [0.1, 0.15) is 5.75 Å². The second kappa shape index (κ2) is 6.70. The van der Waals surface area contributed by atoms with Crippen molar-refractivity contribution in [1.82, 2.24) is 10.6 Å². The quantitative estimate of drug-likeness (QED) is 0.563. The van der Waals surface area contributed by atoms with E-state index in [0.717, 1.165) is 16.7 Å². The third kappa shape index (κ3) is 3.97. The first-order chi connectivity index (χ1) is 7.65. The van der Waals surface area contributed by atoms with Crippen LogP contribution in [0, 0.1) is 3.57 Å². The van der Waals surface area contributed by atoms with E-state index in [0.29, 0.717) is 12.1 Å². The molecule has 88 valence electrons. The number of amides is 1. The van der Waals surface area contributed by atoms with Crippen LogP contribution in [0.1, 0.15) is 17.3 Å². The number of phenolic OH excluding ortho intramolecular Hbond substituents is 1. The summed E-state index contributed by atoms with van der Waals surface area (Å²) in [5.41, 5.74) is 0.323. The summed E-state index contributed by atoms with van der Waals surface area (Å²) in [7, 11) is 0. The lowest BCUT2D eigenvalue weighted by Gasteiger charge is -2.07. The van der Waals surface area contributed by atoms with Gasteiger partial charge in [-0.3, -0.25) is 4.79 Å². The highest BCUT2D eigenvalue weighted by Crippen LogP contribution is 2.19.